The molecule has 2 aromatic rings. The van der Waals surface area contributed by atoms with Crippen LogP contribution in [0.2, 0.25) is 0 Å². The second-order valence-corrected chi connectivity index (χ2v) is 9.50. The normalized spacial score (nSPS) is 19.9. The van der Waals surface area contributed by atoms with Gasteiger partial charge in [-0.15, -0.1) is 0 Å². The summed E-state index contributed by atoms with van der Waals surface area (Å²) in [5, 5.41) is 0. The number of benzene rings is 2. The third-order valence-corrected chi connectivity index (χ3v) is 6.73. The second kappa shape index (κ2) is 9.40. The molecule has 0 bridgehead atoms. The summed E-state index contributed by atoms with van der Waals surface area (Å²) in [6.45, 7) is 2.47. The number of amides is 1. The Morgan fingerprint density at radius 2 is 1.75 bits per heavy atom. The van der Waals surface area contributed by atoms with E-state index in [1.54, 1.807) is 10.8 Å². The summed E-state index contributed by atoms with van der Waals surface area (Å²) in [5.41, 5.74) is -4.74. The molecule has 6 nitrogen and oxygen atoms in total. The Labute approximate surface area is 185 Å². The summed E-state index contributed by atoms with van der Waals surface area (Å²) in [4.78, 5) is 14.1. The van der Waals surface area contributed by atoms with E-state index in [0.29, 0.717) is 13.0 Å². The molecular weight excluding hydrogens is 445 g/mol. The maximum atomic E-state index is 12.8. The molecule has 1 saturated heterocycles. The summed E-state index contributed by atoms with van der Waals surface area (Å²) in [6, 6.07) is 15.5. The molecule has 0 aromatic heterocycles. The first-order chi connectivity index (χ1) is 15.1. The summed E-state index contributed by atoms with van der Waals surface area (Å²) < 4.78 is 68.7. The Morgan fingerprint density at radius 3 is 2.41 bits per heavy atom. The zero-order chi connectivity index (χ0) is 23.4. The molecule has 1 heterocycles. The van der Waals surface area contributed by atoms with Gasteiger partial charge >= 0.3 is 21.6 Å². The van der Waals surface area contributed by atoms with Gasteiger partial charge in [0.25, 0.3) is 0 Å². The topological polar surface area (TPSA) is 75.7 Å². The van der Waals surface area contributed by atoms with Crippen LogP contribution in [0.3, 0.4) is 0 Å². The second-order valence-electron chi connectivity index (χ2n) is 7.83. The van der Waals surface area contributed by atoms with E-state index in [4.69, 9.17) is 4.74 Å². The van der Waals surface area contributed by atoms with Crippen molar-refractivity contribution in [1.29, 1.82) is 0 Å². The molecule has 32 heavy (non-hydrogen) atoms. The minimum atomic E-state index is -5.58. The van der Waals surface area contributed by atoms with Crippen LogP contribution < -0.4 is 4.72 Å². The van der Waals surface area contributed by atoms with E-state index in [-0.39, 0.29) is 29.8 Å². The zero-order valence-electron chi connectivity index (χ0n) is 17.6. The van der Waals surface area contributed by atoms with Crippen LogP contribution in [-0.4, -0.2) is 38.1 Å². The third-order valence-electron chi connectivity index (χ3n) is 5.63. The summed E-state index contributed by atoms with van der Waals surface area (Å²) >= 11 is 0. The summed E-state index contributed by atoms with van der Waals surface area (Å²) in [6.07, 6.45) is 1.70. The first-order valence-corrected chi connectivity index (χ1v) is 11.7. The molecule has 1 aliphatic heterocycles. The van der Waals surface area contributed by atoms with E-state index in [2.05, 4.69) is 6.92 Å². The number of carbonyl (C=O) groups is 1. The number of hydrogen-bond donors (Lipinski definition) is 1. The number of halogens is 3. The standard InChI is InChI=1S/C22H25F3N2O4S/c1-2-12-21(18-9-4-3-5-10-18)13-14-27(20(28)31-16-21)15-17-8-6-7-11-19(17)26-32(29,30)22(23,24)25/h3-11,26H,2,12-16H2,1H3. The molecule has 0 saturated carbocycles. The summed E-state index contributed by atoms with van der Waals surface area (Å²) in [7, 11) is -5.58. The van der Waals surface area contributed by atoms with Gasteiger partial charge in [-0.2, -0.15) is 21.6 Å². The Balaban J connectivity index is 1.83. The van der Waals surface area contributed by atoms with Crippen LogP contribution in [0.5, 0.6) is 0 Å². The molecule has 0 spiro atoms. The van der Waals surface area contributed by atoms with Crippen molar-refractivity contribution in [3.63, 3.8) is 0 Å². The van der Waals surface area contributed by atoms with Crippen LogP contribution in [0.25, 0.3) is 0 Å². The number of hydrogen-bond acceptors (Lipinski definition) is 4. The number of para-hydroxylation sites is 1. The van der Waals surface area contributed by atoms with Gasteiger partial charge < -0.3 is 9.64 Å². The van der Waals surface area contributed by atoms with Crippen LogP contribution in [0.15, 0.2) is 54.6 Å². The number of anilines is 1. The SMILES string of the molecule is CCCC1(c2ccccc2)CCN(Cc2ccccc2NS(=O)(=O)C(F)(F)F)C(=O)OC1. The van der Waals surface area contributed by atoms with Crippen molar-refractivity contribution >= 4 is 21.8 Å². The molecule has 0 radical (unpaired) electrons. The Hall–Kier alpha value is -2.75. The van der Waals surface area contributed by atoms with Gasteiger partial charge in [-0.1, -0.05) is 61.9 Å². The number of sulfonamides is 1. The molecule has 2 aromatic carbocycles. The van der Waals surface area contributed by atoms with E-state index in [0.717, 1.165) is 18.4 Å². The van der Waals surface area contributed by atoms with Gasteiger partial charge in [0.15, 0.2) is 0 Å². The molecule has 0 aliphatic carbocycles. The predicted octanol–water partition coefficient (Wildman–Crippen LogP) is 5.03. The lowest BCUT2D eigenvalue weighted by molar-refractivity contribution is -0.0429. The van der Waals surface area contributed by atoms with E-state index < -0.39 is 21.6 Å². The number of rotatable bonds is 7. The molecule has 1 N–H and O–H groups in total. The fourth-order valence-corrected chi connectivity index (χ4v) is 4.56. The third kappa shape index (κ3) is 5.17. The summed E-state index contributed by atoms with van der Waals surface area (Å²) in [5.74, 6) is 0. The van der Waals surface area contributed by atoms with Crippen LogP contribution in [-0.2, 0) is 26.7 Å². The van der Waals surface area contributed by atoms with Crippen molar-refractivity contribution in [2.24, 2.45) is 0 Å². The van der Waals surface area contributed by atoms with Crippen LogP contribution in [0, 0.1) is 0 Å². The molecule has 3 rings (SSSR count). The van der Waals surface area contributed by atoms with E-state index in [1.165, 1.54) is 23.1 Å². The molecule has 1 aliphatic rings. The first kappa shape index (κ1) is 23.9. The van der Waals surface area contributed by atoms with Crippen molar-refractivity contribution in [3.8, 4) is 0 Å². The Morgan fingerprint density at radius 1 is 1.09 bits per heavy atom. The number of nitrogens with zero attached hydrogens (tertiary/aromatic N) is 1. The highest BCUT2D eigenvalue weighted by Gasteiger charge is 2.46. The average molecular weight is 471 g/mol. The predicted molar refractivity (Wildman–Crippen MR) is 114 cm³/mol. The minimum Gasteiger partial charge on any atom is -0.448 e. The van der Waals surface area contributed by atoms with Crippen molar-refractivity contribution in [3.05, 3.63) is 65.7 Å². The lowest BCUT2D eigenvalue weighted by Crippen LogP contribution is -2.33. The number of cyclic esters (lactones) is 1. The number of alkyl halides is 3. The highest BCUT2D eigenvalue weighted by atomic mass is 32.2. The van der Waals surface area contributed by atoms with Crippen molar-refractivity contribution < 1.29 is 31.1 Å². The van der Waals surface area contributed by atoms with Crippen molar-refractivity contribution in [2.45, 2.75) is 43.7 Å². The van der Waals surface area contributed by atoms with E-state index in [9.17, 15) is 26.4 Å². The number of carbonyl (C=O) groups excluding carboxylic acids is 1. The highest BCUT2D eigenvalue weighted by molar-refractivity contribution is 7.93. The number of ether oxygens (including phenoxy) is 1. The first-order valence-electron chi connectivity index (χ1n) is 10.2. The van der Waals surface area contributed by atoms with Gasteiger partial charge in [0.2, 0.25) is 0 Å². The minimum absolute atomic E-state index is 0.0909. The lowest BCUT2D eigenvalue weighted by Gasteiger charge is -2.31. The van der Waals surface area contributed by atoms with Crippen LogP contribution in [0.1, 0.15) is 37.3 Å². The van der Waals surface area contributed by atoms with Gasteiger partial charge in [-0.3, -0.25) is 4.72 Å². The van der Waals surface area contributed by atoms with Gasteiger partial charge in [0, 0.05) is 12.0 Å². The molecule has 174 valence electrons. The zero-order valence-corrected chi connectivity index (χ0v) is 18.4. The van der Waals surface area contributed by atoms with Crippen molar-refractivity contribution in [1.82, 2.24) is 4.90 Å². The quantitative estimate of drug-likeness (QED) is 0.616. The van der Waals surface area contributed by atoms with E-state index in [1.807, 2.05) is 30.3 Å². The number of nitrogens with one attached hydrogen (secondary N) is 1. The van der Waals surface area contributed by atoms with Gasteiger partial charge in [-0.05, 0) is 30.0 Å². The van der Waals surface area contributed by atoms with Gasteiger partial charge in [0.05, 0.1) is 12.2 Å². The maximum absolute atomic E-state index is 12.8. The molecule has 1 amide bonds. The lowest BCUT2D eigenvalue weighted by atomic mass is 9.75. The Kier molecular flexibility index (Phi) is 7.02. The maximum Gasteiger partial charge on any atom is 0.516 e. The molecule has 10 heteroatoms. The van der Waals surface area contributed by atoms with Crippen LogP contribution >= 0.6 is 0 Å². The van der Waals surface area contributed by atoms with Crippen LogP contribution in [0.4, 0.5) is 23.7 Å². The van der Waals surface area contributed by atoms with Gasteiger partial charge in [-0.25, -0.2) is 4.79 Å². The largest absolute Gasteiger partial charge is 0.516 e. The fraction of sp³-hybridized carbons (Fsp3) is 0.409. The van der Waals surface area contributed by atoms with E-state index >= 15 is 0 Å². The van der Waals surface area contributed by atoms with Crippen molar-refractivity contribution in [2.75, 3.05) is 17.9 Å². The fourth-order valence-electron chi connectivity index (χ4n) is 3.95. The molecular formula is C22H25F3N2O4S. The molecule has 1 unspecified atom stereocenters. The highest BCUT2D eigenvalue weighted by Crippen LogP contribution is 2.36. The monoisotopic (exact) mass is 470 g/mol. The Bertz CT molecular complexity index is 1040. The molecule has 1 atom stereocenters. The molecule has 1 fully saturated rings. The van der Waals surface area contributed by atoms with Gasteiger partial charge in [0.1, 0.15) is 6.61 Å². The smallest absolute Gasteiger partial charge is 0.448 e. The average Bonchev–Trinajstić information content (AvgIpc) is 2.90.